The van der Waals surface area contributed by atoms with E-state index in [1.165, 1.54) is 0 Å². The number of aromatic hydroxyl groups is 1. The van der Waals surface area contributed by atoms with E-state index >= 15 is 0 Å². The predicted molar refractivity (Wildman–Crippen MR) is 67.2 cm³/mol. The van der Waals surface area contributed by atoms with E-state index in [9.17, 15) is 9.90 Å². The number of aryl methyl sites for hydroxylation is 2. The zero-order chi connectivity index (χ0) is 13.4. The van der Waals surface area contributed by atoms with Gasteiger partial charge in [0.2, 0.25) is 0 Å². The number of methoxy groups -OCH3 is 1. The molecule has 5 heteroatoms. The van der Waals surface area contributed by atoms with Crippen LogP contribution >= 0.6 is 0 Å². The first-order chi connectivity index (χ1) is 8.47. The van der Waals surface area contributed by atoms with E-state index in [0.29, 0.717) is 11.3 Å². The molecule has 0 atom stereocenters. The molecular weight excluding hydrogens is 234 g/mol. The Bertz CT molecular complexity index is 628. The second-order valence-electron chi connectivity index (χ2n) is 4.22. The Morgan fingerprint density at radius 3 is 2.67 bits per heavy atom. The van der Waals surface area contributed by atoms with Crippen LogP contribution in [0, 0.1) is 6.92 Å². The molecule has 5 nitrogen and oxygen atoms in total. The van der Waals surface area contributed by atoms with Gasteiger partial charge < -0.3 is 19.5 Å². The quantitative estimate of drug-likeness (QED) is 0.870. The summed E-state index contributed by atoms with van der Waals surface area (Å²) >= 11 is 0. The normalized spacial score (nSPS) is 10.8. The van der Waals surface area contributed by atoms with Crippen LogP contribution in [0.15, 0.2) is 12.1 Å². The highest BCUT2D eigenvalue weighted by molar-refractivity contribution is 5.94. The number of ether oxygens (including phenoxy) is 1. The third kappa shape index (κ3) is 1.68. The summed E-state index contributed by atoms with van der Waals surface area (Å²) in [6.07, 6.45) is -0.211. The van der Waals surface area contributed by atoms with Crippen LogP contribution in [0.3, 0.4) is 0 Å². The molecule has 1 aromatic heterocycles. The zero-order valence-electron chi connectivity index (χ0n) is 10.5. The summed E-state index contributed by atoms with van der Waals surface area (Å²) in [6.45, 7) is 1.85. The van der Waals surface area contributed by atoms with E-state index in [-0.39, 0.29) is 12.3 Å². The lowest BCUT2D eigenvalue weighted by atomic mass is 10.0. The Morgan fingerprint density at radius 1 is 1.44 bits per heavy atom. The molecule has 2 N–H and O–H groups in total. The van der Waals surface area contributed by atoms with Crippen molar-refractivity contribution >= 4 is 16.9 Å². The van der Waals surface area contributed by atoms with Crippen LogP contribution in [-0.4, -0.2) is 27.9 Å². The van der Waals surface area contributed by atoms with Crippen LogP contribution in [0.25, 0.3) is 10.9 Å². The van der Waals surface area contributed by atoms with Gasteiger partial charge in [-0.15, -0.1) is 0 Å². The number of carbonyl (C=O) groups is 1. The van der Waals surface area contributed by atoms with E-state index < -0.39 is 5.97 Å². The van der Waals surface area contributed by atoms with Crippen molar-refractivity contribution in [1.82, 2.24) is 4.57 Å². The highest BCUT2D eigenvalue weighted by Crippen LogP contribution is 2.36. The molecule has 0 amide bonds. The van der Waals surface area contributed by atoms with Crippen molar-refractivity contribution in [3.05, 3.63) is 23.3 Å². The van der Waals surface area contributed by atoms with Crippen molar-refractivity contribution < 1.29 is 19.7 Å². The first-order valence-electron chi connectivity index (χ1n) is 5.53. The van der Waals surface area contributed by atoms with E-state index in [4.69, 9.17) is 9.84 Å². The molecular formula is C13H15NO4. The topological polar surface area (TPSA) is 71.7 Å². The second kappa shape index (κ2) is 4.25. The van der Waals surface area contributed by atoms with Gasteiger partial charge in [0.05, 0.1) is 19.0 Å². The maximum atomic E-state index is 10.9. The van der Waals surface area contributed by atoms with Crippen LogP contribution in [0.1, 0.15) is 11.1 Å². The van der Waals surface area contributed by atoms with Crippen LogP contribution in [-0.2, 0) is 18.3 Å². The van der Waals surface area contributed by atoms with Gasteiger partial charge in [-0.1, -0.05) is 0 Å². The molecule has 2 rings (SSSR count). The van der Waals surface area contributed by atoms with Crippen molar-refractivity contribution in [1.29, 1.82) is 0 Å². The maximum Gasteiger partial charge on any atom is 0.308 e. The summed E-state index contributed by atoms with van der Waals surface area (Å²) in [5, 5.41) is 19.7. The maximum absolute atomic E-state index is 10.9. The SMILES string of the molecule is COc1ccc2c(c1C)c(CC(=O)O)c(O)n2C. The summed E-state index contributed by atoms with van der Waals surface area (Å²) in [7, 11) is 3.27. The van der Waals surface area contributed by atoms with E-state index in [0.717, 1.165) is 16.5 Å². The van der Waals surface area contributed by atoms with E-state index in [2.05, 4.69) is 0 Å². The minimum absolute atomic E-state index is 0.0104. The van der Waals surface area contributed by atoms with Gasteiger partial charge in [0.1, 0.15) is 5.75 Å². The molecule has 1 aromatic carbocycles. The number of aromatic nitrogens is 1. The number of carboxylic acids is 1. The number of nitrogens with zero attached hydrogens (tertiary/aromatic N) is 1. The predicted octanol–water partition coefficient (Wildman–Crippen LogP) is 1.83. The second-order valence-corrected chi connectivity index (χ2v) is 4.22. The summed E-state index contributed by atoms with van der Waals surface area (Å²) in [4.78, 5) is 10.9. The van der Waals surface area contributed by atoms with E-state index in [1.54, 1.807) is 18.7 Å². The molecule has 0 saturated carbocycles. The molecule has 96 valence electrons. The standard InChI is InChI=1S/C13H15NO4/c1-7-10(18-3)5-4-9-12(7)8(6-11(15)16)13(17)14(9)2/h4-5,17H,6H2,1-3H3,(H,15,16). The molecule has 18 heavy (non-hydrogen) atoms. The molecule has 0 saturated heterocycles. The lowest BCUT2D eigenvalue weighted by Gasteiger charge is -2.06. The highest BCUT2D eigenvalue weighted by Gasteiger charge is 2.20. The summed E-state index contributed by atoms with van der Waals surface area (Å²) < 4.78 is 6.81. The number of hydrogen-bond donors (Lipinski definition) is 2. The van der Waals surface area contributed by atoms with Gasteiger partial charge in [-0.2, -0.15) is 0 Å². The lowest BCUT2D eigenvalue weighted by Crippen LogP contribution is -2.00. The molecule has 0 aliphatic rings. The van der Waals surface area contributed by atoms with Crippen LogP contribution in [0.2, 0.25) is 0 Å². The fourth-order valence-corrected chi connectivity index (χ4v) is 2.31. The third-order valence-electron chi connectivity index (χ3n) is 3.19. The van der Waals surface area contributed by atoms with Crippen LogP contribution in [0.5, 0.6) is 11.6 Å². The number of hydrogen-bond acceptors (Lipinski definition) is 3. The zero-order valence-corrected chi connectivity index (χ0v) is 10.5. The Labute approximate surface area is 104 Å². The molecule has 0 bridgehead atoms. The van der Waals surface area contributed by atoms with Gasteiger partial charge >= 0.3 is 5.97 Å². The Kier molecular flexibility index (Phi) is 2.90. The molecule has 2 aromatic rings. The first kappa shape index (κ1) is 12.3. The molecule has 1 heterocycles. The van der Waals surface area contributed by atoms with Crippen LogP contribution in [0.4, 0.5) is 0 Å². The molecule has 0 aliphatic carbocycles. The summed E-state index contributed by atoms with van der Waals surface area (Å²) in [5.41, 5.74) is 2.06. The monoisotopic (exact) mass is 249 g/mol. The molecule has 0 fully saturated rings. The minimum atomic E-state index is -0.972. The third-order valence-corrected chi connectivity index (χ3v) is 3.19. The minimum Gasteiger partial charge on any atom is -0.496 e. The van der Waals surface area contributed by atoms with Crippen molar-refractivity contribution in [2.45, 2.75) is 13.3 Å². The largest absolute Gasteiger partial charge is 0.496 e. The number of carboxylic acid groups (broad SMARTS) is 1. The Hall–Kier alpha value is -2.17. The number of fused-ring (bicyclic) bond motifs is 1. The summed E-state index contributed by atoms with van der Waals surface area (Å²) in [6, 6.07) is 3.62. The van der Waals surface area contributed by atoms with Crippen LogP contribution < -0.4 is 4.74 Å². The highest BCUT2D eigenvalue weighted by atomic mass is 16.5. The molecule has 0 radical (unpaired) electrons. The first-order valence-corrected chi connectivity index (χ1v) is 5.53. The Balaban J connectivity index is 2.82. The van der Waals surface area contributed by atoms with Gasteiger partial charge in [0.15, 0.2) is 5.88 Å². The van der Waals surface area contributed by atoms with Crippen molar-refractivity contribution in [3.8, 4) is 11.6 Å². The van der Waals surface area contributed by atoms with Gasteiger partial charge in [0.25, 0.3) is 0 Å². The fourth-order valence-electron chi connectivity index (χ4n) is 2.31. The lowest BCUT2D eigenvalue weighted by molar-refractivity contribution is -0.136. The fraction of sp³-hybridized carbons (Fsp3) is 0.308. The van der Waals surface area contributed by atoms with E-state index in [1.807, 2.05) is 19.1 Å². The molecule has 0 unspecified atom stereocenters. The van der Waals surface area contributed by atoms with Gasteiger partial charge in [-0.05, 0) is 19.1 Å². The summed E-state index contributed by atoms with van der Waals surface area (Å²) in [5.74, 6) is -0.302. The van der Waals surface area contributed by atoms with Gasteiger partial charge in [0, 0.05) is 23.6 Å². The molecule has 0 aliphatic heterocycles. The van der Waals surface area contributed by atoms with Gasteiger partial charge in [-0.25, -0.2) is 0 Å². The Morgan fingerprint density at radius 2 is 2.11 bits per heavy atom. The van der Waals surface area contributed by atoms with Crippen molar-refractivity contribution in [3.63, 3.8) is 0 Å². The smallest absolute Gasteiger partial charge is 0.308 e. The average molecular weight is 249 g/mol. The number of aliphatic carboxylic acids is 1. The van der Waals surface area contributed by atoms with Gasteiger partial charge in [-0.3, -0.25) is 4.79 Å². The van der Waals surface area contributed by atoms with Crippen molar-refractivity contribution in [2.75, 3.05) is 7.11 Å². The number of benzene rings is 1. The average Bonchev–Trinajstić information content (AvgIpc) is 2.55. The molecule has 0 spiro atoms. The van der Waals surface area contributed by atoms with Crippen molar-refractivity contribution in [2.24, 2.45) is 7.05 Å². The number of rotatable bonds is 3.